The molecule has 7 heteroatoms. The fourth-order valence-electron chi connectivity index (χ4n) is 3.01. The van der Waals surface area contributed by atoms with E-state index in [2.05, 4.69) is 16.2 Å². The van der Waals surface area contributed by atoms with Crippen molar-refractivity contribution in [3.63, 3.8) is 0 Å². The van der Waals surface area contributed by atoms with Crippen LogP contribution < -0.4 is 25.6 Å². The van der Waals surface area contributed by atoms with E-state index in [-0.39, 0.29) is 18.0 Å². The fraction of sp³-hybridized carbons (Fsp3) is 0.278. The molecule has 0 aliphatic carbocycles. The molecule has 2 aliphatic rings. The molecule has 4 rings (SSSR count). The number of carbonyl (C=O) groups excluding carboxylic acids is 1. The Morgan fingerprint density at radius 3 is 2.56 bits per heavy atom. The van der Waals surface area contributed by atoms with Crippen LogP contribution in [0, 0.1) is 0 Å². The number of anilines is 1. The molecule has 0 spiro atoms. The normalized spacial score (nSPS) is 21.8. The number of halogens is 1. The van der Waals surface area contributed by atoms with Crippen LogP contribution in [0.1, 0.15) is 18.0 Å². The highest BCUT2D eigenvalue weighted by atomic mass is 35.5. The average molecular weight is 360 g/mol. The van der Waals surface area contributed by atoms with Gasteiger partial charge in [0.2, 0.25) is 5.91 Å². The molecule has 25 heavy (non-hydrogen) atoms. The molecule has 2 aromatic rings. The second kappa shape index (κ2) is 6.92. The van der Waals surface area contributed by atoms with Gasteiger partial charge in [-0.05, 0) is 12.0 Å². The topological polar surface area (TPSA) is 71.6 Å². The largest absolute Gasteiger partial charge is 0.486 e. The first kappa shape index (κ1) is 16.2. The van der Waals surface area contributed by atoms with Crippen LogP contribution in [0.5, 0.6) is 11.5 Å². The van der Waals surface area contributed by atoms with Crippen molar-refractivity contribution < 1.29 is 14.3 Å². The van der Waals surface area contributed by atoms with Crippen LogP contribution in [-0.4, -0.2) is 25.2 Å². The van der Waals surface area contributed by atoms with E-state index in [1.807, 2.05) is 30.3 Å². The number of rotatable bonds is 3. The molecule has 1 fully saturated rings. The van der Waals surface area contributed by atoms with Crippen molar-refractivity contribution >= 4 is 23.2 Å². The van der Waals surface area contributed by atoms with Gasteiger partial charge in [0.1, 0.15) is 19.3 Å². The molecule has 2 heterocycles. The molecule has 0 bridgehead atoms. The molecule has 0 saturated carbocycles. The van der Waals surface area contributed by atoms with E-state index in [1.54, 1.807) is 12.1 Å². The highest BCUT2D eigenvalue weighted by molar-refractivity contribution is 6.34. The van der Waals surface area contributed by atoms with Crippen LogP contribution in [0.15, 0.2) is 42.5 Å². The Bertz CT molecular complexity index is 785. The van der Waals surface area contributed by atoms with Gasteiger partial charge in [-0.25, -0.2) is 10.9 Å². The Kier molecular flexibility index (Phi) is 4.48. The lowest BCUT2D eigenvalue weighted by Gasteiger charge is -2.20. The molecule has 2 atom stereocenters. The zero-order chi connectivity index (χ0) is 17.2. The number of hydrogen-bond donors (Lipinski definition) is 3. The number of fused-ring (bicyclic) bond motifs is 1. The second-order valence-electron chi connectivity index (χ2n) is 6.01. The van der Waals surface area contributed by atoms with Crippen LogP contribution in [0.3, 0.4) is 0 Å². The molecule has 2 unspecified atom stereocenters. The number of ether oxygens (including phenoxy) is 2. The van der Waals surface area contributed by atoms with Gasteiger partial charge in [0, 0.05) is 18.2 Å². The van der Waals surface area contributed by atoms with E-state index in [9.17, 15) is 4.79 Å². The maximum atomic E-state index is 12.6. The predicted molar refractivity (Wildman–Crippen MR) is 94.9 cm³/mol. The number of hydrogen-bond acceptors (Lipinski definition) is 5. The number of hydrazine groups is 1. The van der Waals surface area contributed by atoms with E-state index >= 15 is 0 Å². The van der Waals surface area contributed by atoms with Crippen LogP contribution in [0.25, 0.3) is 0 Å². The number of amides is 1. The van der Waals surface area contributed by atoms with Gasteiger partial charge in [-0.3, -0.25) is 4.79 Å². The van der Waals surface area contributed by atoms with Gasteiger partial charge >= 0.3 is 0 Å². The zero-order valence-corrected chi connectivity index (χ0v) is 14.2. The quantitative estimate of drug-likeness (QED) is 0.786. The summed E-state index contributed by atoms with van der Waals surface area (Å²) in [6.45, 7) is 0.975. The van der Waals surface area contributed by atoms with Gasteiger partial charge in [-0.15, -0.1) is 0 Å². The molecule has 0 aromatic heterocycles. The lowest BCUT2D eigenvalue weighted by molar-refractivity contribution is -0.117. The van der Waals surface area contributed by atoms with Gasteiger partial charge in [-0.1, -0.05) is 41.9 Å². The van der Waals surface area contributed by atoms with Crippen molar-refractivity contribution in [3.8, 4) is 11.5 Å². The Hall–Kier alpha value is -2.28. The lowest BCUT2D eigenvalue weighted by Crippen LogP contribution is -2.39. The Morgan fingerprint density at radius 2 is 1.80 bits per heavy atom. The standard InChI is InChI=1S/C18H18ClN3O3/c19-12-8-16-17(25-7-6-24-16)10-14(12)20-18(23)15-9-13(21-22-15)11-4-2-1-3-5-11/h1-5,8,10,13,15,21-22H,6-7,9H2,(H,20,23). The average Bonchev–Trinajstić information content (AvgIpc) is 3.13. The molecule has 1 amide bonds. The van der Waals surface area contributed by atoms with E-state index in [4.69, 9.17) is 21.1 Å². The summed E-state index contributed by atoms with van der Waals surface area (Å²) in [4.78, 5) is 12.6. The molecule has 1 saturated heterocycles. The molecule has 130 valence electrons. The maximum Gasteiger partial charge on any atom is 0.242 e. The molecule has 6 nitrogen and oxygen atoms in total. The van der Waals surface area contributed by atoms with Crippen molar-refractivity contribution in [1.29, 1.82) is 0 Å². The van der Waals surface area contributed by atoms with Crippen molar-refractivity contribution in [2.45, 2.75) is 18.5 Å². The molecule has 2 aromatic carbocycles. The molecule has 0 radical (unpaired) electrons. The van der Waals surface area contributed by atoms with Gasteiger partial charge < -0.3 is 14.8 Å². The van der Waals surface area contributed by atoms with Gasteiger partial charge in [-0.2, -0.15) is 0 Å². The maximum absolute atomic E-state index is 12.6. The zero-order valence-electron chi connectivity index (χ0n) is 13.4. The van der Waals surface area contributed by atoms with E-state index in [0.717, 1.165) is 5.56 Å². The smallest absolute Gasteiger partial charge is 0.242 e. The van der Waals surface area contributed by atoms with Crippen LogP contribution in [0.4, 0.5) is 5.69 Å². The number of benzene rings is 2. The summed E-state index contributed by atoms with van der Waals surface area (Å²) in [7, 11) is 0. The van der Waals surface area contributed by atoms with Crippen LogP contribution in [0.2, 0.25) is 5.02 Å². The third kappa shape index (κ3) is 3.42. The minimum atomic E-state index is -0.352. The first-order chi connectivity index (χ1) is 12.2. The molecule has 2 aliphatic heterocycles. The van der Waals surface area contributed by atoms with Gasteiger partial charge in [0.15, 0.2) is 11.5 Å². The first-order valence-electron chi connectivity index (χ1n) is 8.17. The van der Waals surface area contributed by atoms with Crippen molar-refractivity contribution in [3.05, 3.63) is 53.1 Å². The fourth-order valence-corrected chi connectivity index (χ4v) is 3.21. The van der Waals surface area contributed by atoms with Crippen molar-refractivity contribution in [2.24, 2.45) is 0 Å². The van der Waals surface area contributed by atoms with Crippen molar-refractivity contribution in [1.82, 2.24) is 10.9 Å². The summed E-state index contributed by atoms with van der Waals surface area (Å²) in [6, 6.07) is 13.1. The van der Waals surface area contributed by atoms with Gasteiger partial charge in [0.05, 0.1) is 10.7 Å². The van der Waals surface area contributed by atoms with Gasteiger partial charge in [0.25, 0.3) is 0 Å². The number of nitrogens with one attached hydrogen (secondary N) is 3. The summed E-state index contributed by atoms with van der Waals surface area (Å²) in [5.74, 6) is 1.04. The van der Waals surface area contributed by atoms with E-state index in [1.165, 1.54) is 0 Å². The second-order valence-corrected chi connectivity index (χ2v) is 6.41. The summed E-state index contributed by atoms with van der Waals surface area (Å²) >= 11 is 6.25. The minimum Gasteiger partial charge on any atom is -0.486 e. The third-order valence-corrected chi connectivity index (χ3v) is 4.62. The van der Waals surface area contributed by atoms with E-state index in [0.29, 0.717) is 41.8 Å². The summed E-state index contributed by atoms with van der Waals surface area (Å²) in [5, 5.41) is 3.28. The van der Waals surface area contributed by atoms with E-state index < -0.39 is 0 Å². The Morgan fingerprint density at radius 1 is 1.08 bits per heavy atom. The Balaban J connectivity index is 1.44. The molecular weight excluding hydrogens is 342 g/mol. The number of carbonyl (C=O) groups is 1. The Labute approximate surface area is 150 Å². The summed E-state index contributed by atoms with van der Waals surface area (Å²) in [6.07, 6.45) is 0.651. The molecule has 3 N–H and O–H groups in total. The van der Waals surface area contributed by atoms with Crippen LogP contribution >= 0.6 is 11.6 Å². The summed E-state index contributed by atoms with van der Waals surface area (Å²) < 4.78 is 11.0. The summed E-state index contributed by atoms with van der Waals surface area (Å²) in [5.41, 5.74) is 7.87. The predicted octanol–water partition coefficient (Wildman–Crippen LogP) is 2.66. The monoisotopic (exact) mass is 359 g/mol. The minimum absolute atomic E-state index is 0.0905. The first-order valence-corrected chi connectivity index (χ1v) is 8.54. The SMILES string of the molecule is O=C(Nc1cc2c(cc1Cl)OCCO2)C1CC(c2ccccc2)NN1. The van der Waals surface area contributed by atoms with Crippen molar-refractivity contribution in [2.75, 3.05) is 18.5 Å². The highest BCUT2D eigenvalue weighted by Gasteiger charge is 2.30. The lowest BCUT2D eigenvalue weighted by atomic mass is 10.0. The highest BCUT2D eigenvalue weighted by Crippen LogP contribution is 2.38. The third-order valence-electron chi connectivity index (χ3n) is 4.31. The van der Waals surface area contributed by atoms with Crippen LogP contribution in [-0.2, 0) is 4.79 Å². The molecular formula is C18H18ClN3O3.